The lowest BCUT2D eigenvalue weighted by molar-refractivity contribution is 0.319. The molecule has 0 saturated carbocycles. The molecule has 0 atom stereocenters. The number of nitrogens with zero attached hydrogens (tertiary/aromatic N) is 1. The summed E-state index contributed by atoms with van der Waals surface area (Å²) in [4.78, 5) is 2.31. The second kappa shape index (κ2) is 6.43. The van der Waals surface area contributed by atoms with Gasteiger partial charge in [-0.3, -0.25) is 0 Å². The first-order valence-electron chi connectivity index (χ1n) is 5.45. The van der Waals surface area contributed by atoms with Gasteiger partial charge in [0.2, 0.25) is 0 Å². The van der Waals surface area contributed by atoms with E-state index in [0.29, 0.717) is 0 Å². The number of rotatable bonds is 6. The third kappa shape index (κ3) is 4.81. The van der Waals surface area contributed by atoms with Crippen molar-refractivity contribution >= 4 is 5.69 Å². The van der Waals surface area contributed by atoms with Crippen molar-refractivity contribution in [2.45, 2.75) is 19.4 Å². The quantitative estimate of drug-likeness (QED) is 0.548. The second-order valence-corrected chi connectivity index (χ2v) is 3.98. The lowest BCUT2D eigenvalue weighted by Crippen LogP contribution is -2.19. The number of nitrogens with two attached hydrogens (primary N) is 2. The molecule has 3 heteroatoms. The predicted molar refractivity (Wildman–Crippen MR) is 65.5 cm³/mol. The van der Waals surface area contributed by atoms with Gasteiger partial charge in [-0.25, -0.2) is 0 Å². The van der Waals surface area contributed by atoms with Crippen LogP contribution in [-0.4, -0.2) is 25.0 Å². The zero-order valence-electron chi connectivity index (χ0n) is 9.45. The first-order chi connectivity index (χ1) is 7.22. The van der Waals surface area contributed by atoms with Gasteiger partial charge in [-0.05, 0) is 50.7 Å². The van der Waals surface area contributed by atoms with Crippen molar-refractivity contribution in [3.05, 3.63) is 29.8 Å². The van der Waals surface area contributed by atoms with Crippen LogP contribution in [0.2, 0.25) is 0 Å². The Hall–Kier alpha value is -1.06. The smallest absolute Gasteiger partial charge is 0.0314 e. The van der Waals surface area contributed by atoms with E-state index in [1.807, 2.05) is 12.1 Å². The van der Waals surface area contributed by atoms with E-state index in [1.54, 1.807) is 0 Å². The highest BCUT2D eigenvalue weighted by molar-refractivity contribution is 5.39. The number of hydrogen-bond acceptors (Lipinski definition) is 3. The summed E-state index contributed by atoms with van der Waals surface area (Å²) in [5.74, 6) is 0. The van der Waals surface area contributed by atoms with Crippen molar-refractivity contribution in [1.82, 2.24) is 4.90 Å². The Kier molecular flexibility index (Phi) is 5.15. The van der Waals surface area contributed by atoms with Crippen LogP contribution in [0.3, 0.4) is 0 Å². The molecular weight excluding hydrogens is 186 g/mol. The minimum atomic E-state index is 0.787. The number of nitrogen functional groups attached to an aromatic ring is 1. The van der Waals surface area contributed by atoms with Gasteiger partial charge in [0.15, 0.2) is 0 Å². The average molecular weight is 207 g/mol. The van der Waals surface area contributed by atoms with Crippen LogP contribution in [0.1, 0.15) is 18.4 Å². The Labute approximate surface area is 92.1 Å². The molecule has 1 rings (SSSR count). The van der Waals surface area contributed by atoms with Crippen molar-refractivity contribution in [2.75, 3.05) is 25.9 Å². The molecule has 84 valence electrons. The van der Waals surface area contributed by atoms with E-state index in [0.717, 1.165) is 31.7 Å². The molecule has 3 nitrogen and oxygen atoms in total. The molecule has 0 heterocycles. The molecule has 1 aromatic rings. The summed E-state index contributed by atoms with van der Waals surface area (Å²) in [5, 5.41) is 0. The maximum atomic E-state index is 5.63. The van der Waals surface area contributed by atoms with Crippen LogP contribution in [0, 0.1) is 0 Å². The molecule has 0 radical (unpaired) electrons. The van der Waals surface area contributed by atoms with Crippen molar-refractivity contribution in [2.24, 2.45) is 5.73 Å². The fraction of sp³-hybridized carbons (Fsp3) is 0.500. The van der Waals surface area contributed by atoms with Gasteiger partial charge >= 0.3 is 0 Å². The van der Waals surface area contributed by atoms with E-state index < -0.39 is 0 Å². The highest BCUT2D eigenvalue weighted by Crippen LogP contribution is 2.07. The maximum absolute atomic E-state index is 5.63. The highest BCUT2D eigenvalue weighted by Gasteiger charge is 1.99. The molecule has 15 heavy (non-hydrogen) atoms. The van der Waals surface area contributed by atoms with E-state index in [1.165, 1.54) is 12.0 Å². The third-order valence-corrected chi connectivity index (χ3v) is 2.43. The second-order valence-electron chi connectivity index (χ2n) is 3.98. The van der Waals surface area contributed by atoms with Crippen LogP contribution < -0.4 is 11.5 Å². The normalized spacial score (nSPS) is 10.9. The SMILES string of the molecule is CN(CCCCN)Cc1ccc(N)cc1. The summed E-state index contributed by atoms with van der Waals surface area (Å²) in [5.41, 5.74) is 13.2. The molecule has 0 aliphatic rings. The Morgan fingerprint density at radius 2 is 1.80 bits per heavy atom. The third-order valence-electron chi connectivity index (χ3n) is 2.43. The summed E-state index contributed by atoms with van der Waals surface area (Å²) in [6, 6.07) is 8.05. The van der Waals surface area contributed by atoms with Crippen LogP contribution in [0.15, 0.2) is 24.3 Å². The summed E-state index contributed by atoms with van der Waals surface area (Å²) < 4.78 is 0. The fourth-order valence-corrected chi connectivity index (χ4v) is 1.54. The molecule has 0 saturated heterocycles. The largest absolute Gasteiger partial charge is 0.399 e. The predicted octanol–water partition coefficient (Wildman–Crippen LogP) is 1.44. The van der Waals surface area contributed by atoms with E-state index in [-0.39, 0.29) is 0 Å². The van der Waals surface area contributed by atoms with Crippen molar-refractivity contribution in [3.63, 3.8) is 0 Å². The van der Waals surface area contributed by atoms with E-state index in [9.17, 15) is 0 Å². The molecule has 1 aromatic carbocycles. The van der Waals surface area contributed by atoms with Crippen molar-refractivity contribution < 1.29 is 0 Å². The number of hydrogen-bond donors (Lipinski definition) is 2. The molecular formula is C12H21N3. The van der Waals surface area contributed by atoms with Gasteiger partial charge in [0.05, 0.1) is 0 Å². The summed E-state index contributed by atoms with van der Waals surface area (Å²) >= 11 is 0. The number of unbranched alkanes of at least 4 members (excludes halogenated alkanes) is 1. The molecule has 0 aromatic heterocycles. The molecule has 0 aliphatic carbocycles. The van der Waals surface area contributed by atoms with Gasteiger partial charge in [0, 0.05) is 12.2 Å². The minimum absolute atomic E-state index is 0.787. The van der Waals surface area contributed by atoms with Crippen molar-refractivity contribution in [3.8, 4) is 0 Å². The monoisotopic (exact) mass is 207 g/mol. The van der Waals surface area contributed by atoms with Gasteiger partial charge in [0.1, 0.15) is 0 Å². The minimum Gasteiger partial charge on any atom is -0.399 e. The van der Waals surface area contributed by atoms with Crippen LogP contribution in [-0.2, 0) is 6.54 Å². The fourth-order valence-electron chi connectivity index (χ4n) is 1.54. The van der Waals surface area contributed by atoms with Crippen molar-refractivity contribution in [1.29, 1.82) is 0 Å². The first-order valence-corrected chi connectivity index (χ1v) is 5.45. The van der Waals surface area contributed by atoms with Gasteiger partial charge in [-0.1, -0.05) is 12.1 Å². The Balaban J connectivity index is 2.31. The van der Waals surface area contributed by atoms with Crippen LogP contribution in [0.5, 0.6) is 0 Å². The standard InChI is InChI=1S/C12H21N3/c1-15(9-3-2-8-13)10-11-4-6-12(14)7-5-11/h4-7H,2-3,8-10,13-14H2,1H3. The summed E-state index contributed by atoms with van der Waals surface area (Å²) in [6.07, 6.45) is 2.27. The molecule has 0 amide bonds. The Morgan fingerprint density at radius 1 is 1.13 bits per heavy atom. The Bertz CT molecular complexity index is 269. The van der Waals surface area contributed by atoms with Crippen LogP contribution in [0.4, 0.5) is 5.69 Å². The van der Waals surface area contributed by atoms with Crippen LogP contribution in [0.25, 0.3) is 0 Å². The van der Waals surface area contributed by atoms with Gasteiger partial charge in [0.25, 0.3) is 0 Å². The molecule has 0 aliphatic heterocycles. The molecule has 0 unspecified atom stereocenters. The molecule has 0 fully saturated rings. The molecule has 4 N–H and O–H groups in total. The highest BCUT2D eigenvalue weighted by atomic mass is 15.1. The van der Waals surface area contributed by atoms with E-state index in [2.05, 4.69) is 24.1 Å². The topological polar surface area (TPSA) is 55.3 Å². The zero-order valence-corrected chi connectivity index (χ0v) is 9.45. The van der Waals surface area contributed by atoms with Crippen LogP contribution >= 0.6 is 0 Å². The van der Waals surface area contributed by atoms with Gasteiger partial charge in [-0.15, -0.1) is 0 Å². The molecule has 0 bridgehead atoms. The first kappa shape index (κ1) is 12.0. The Morgan fingerprint density at radius 3 is 2.40 bits per heavy atom. The van der Waals surface area contributed by atoms with E-state index in [4.69, 9.17) is 11.5 Å². The number of anilines is 1. The number of benzene rings is 1. The van der Waals surface area contributed by atoms with Gasteiger partial charge < -0.3 is 16.4 Å². The maximum Gasteiger partial charge on any atom is 0.0314 e. The lowest BCUT2D eigenvalue weighted by Gasteiger charge is -2.16. The molecule has 0 spiro atoms. The summed E-state index contributed by atoms with van der Waals surface area (Å²) in [6.45, 7) is 2.86. The van der Waals surface area contributed by atoms with E-state index >= 15 is 0 Å². The van der Waals surface area contributed by atoms with Gasteiger partial charge in [-0.2, -0.15) is 0 Å². The zero-order chi connectivity index (χ0) is 11.1. The lowest BCUT2D eigenvalue weighted by atomic mass is 10.2. The summed E-state index contributed by atoms with van der Waals surface area (Å²) in [7, 11) is 2.13. The average Bonchev–Trinajstić information content (AvgIpc) is 2.22.